The lowest BCUT2D eigenvalue weighted by Crippen LogP contribution is -2.31. The summed E-state index contributed by atoms with van der Waals surface area (Å²) in [5.41, 5.74) is 2.51. The van der Waals surface area contributed by atoms with Crippen LogP contribution in [0.2, 0.25) is 0 Å². The summed E-state index contributed by atoms with van der Waals surface area (Å²) in [6.45, 7) is 3.68. The largest absolute Gasteiger partial charge is 0.457 e. The quantitative estimate of drug-likeness (QED) is 0.543. The number of imide groups is 1. The summed E-state index contributed by atoms with van der Waals surface area (Å²) < 4.78 is 5.77. The molecule has 0 radical (unpaired) electrons. The third-order valence-corrected chi connectivity index (χ3v) is 6.03. The fraction of sp³-hybridized carbons (Fsp3) is 0.167. The van der Waals surface area contributed by atoms with Crippen molar-refractivity contribution in [3.8, 4) is 17.6 Å². The number of nitrogens with zero attached hydrogens (tertiary/aromatic N) is 3. The Hall–Kier alpha value is -3.63. The Morgan fingerprint density at radius 1 is 1.06 bits per heavy atom. The molecule has 0 N–H and O–H groups in total. The second-order valence-electron chi connectivity index (χ2n) is 7.16. The molecule has 2 heterocycles. The van der Waals surface area contributed by atoms with E-state index in [0.29, 0.717) is 27.8 Å². The van der Waals surface area contributed by atoms with E-state index in [1.807, 2.05) is 50.2 Å². The Kier molecular flexibility index (Phi) is 5.74. The van der Waals surface area contributed by atoms with Crippen LogP contribution in [0.1, 0.15) is 23.2 Å². The van der Waals surface area contributed by atoms with E-state index in [1.165, 1.54) is 16.7 Å². The number of carbonyl (C=O) groups is 2. The van der Waals surface area contributed by atoms with Gasteiger partial charge in [-0.15, -0.1) is 0 Å². The second kappa shape index (κ2) is 8.62. The van der Waals surface area contributed by atoms with Crippen molar-refractivity contribution in [3.05, 3.63) is 77.5 Å². The van der Waals surface area contributed by atoms with Crippen molar-refractivity contribution < 1.29 is 14.3 Å². The van der Waals surface area contributed by atoms with Crippen molar-refractivity contribution in [3.63, 3.8) is 0 Å². The Morgan fingerprint density at radius 2 is 1.74 bits per heavy atom. The molecule has 4 rings (SSSR count). The maximum Gasteiger partial charge on any atom is 0.247 e. The van der Waals surface area contributed by atoms with E-state index in [9.17, 15) is 14.9 Å². The van der Waals surface area contributed by atoms with Gasteiger partial charge in [0.2, 0.25) is 11.8 Å². The number of para-hydroxylation sites is 1. The molecule has 0 spiro atoms. The van der Waals surface area contributed by atoms with Gasteiger partial charge in [-0.1, -0.05) is 30.0 Å². The van der Waals surface area contributed by atoms with E-state index in [4.69, 9.17) is 4.74 Å². The number of aromatic nitrogens is 1. The number of nitriles is 1. The molecule has 2 amide bonds. The number of ether oxygens (including phenoxy) is 1. The smallest absolute Gasteiger partial charge is 0.247 e. The van der Waals surface area contributed by atoms with Crippen LogP contribution in [0, 0.1) is 25.2 Å². The highest BCUT2D eigenvalue weighted by Gasteiger charge is 2.40. The first-order valence-corrected chi connectivity index (χ1v) is 10.6. The van der Waals surface area contributed by atoms with Gasteiger partial charge in [-0.25, -0.2) is 9.88 Å². The van der Waals surface area contributed by atoms with Gasteiger partial charge in [0.05, 0.1) is 16.5 Å². The van der Waals surface area contributed by atoms with E-state index in [2.05, 4.69) is 11.1 Å². The van der Waals surface area contributed by atoms with Crippen LogP contribution in [0.15, 0.2) is 65.7 Å². The number of pyridine rings is 1. The number of hydrogen-bond acceptors (Lipinski definition) is 6. The zero-order valence-corrected chi connectivity index (χ0v) is 17.8. The Labute approximate surface area is 184 Å². The molecule has 0 unspecified atom stereocenters. The van der Waals surface area contributed by atoms with Crippen molar-refractivity contribution in [1.82, 2.24) is 4.98 Å². The summed E-state index contributed by atoms with van der Waals surface area (Å²) in [5.74, 6) is 0.728. The first-order chi connectivity index (χ1) is 15.0. The van der Waals surface area contributed by atoms with Gasteiger partial charge in [-0.2, -0.15) is 5.26 Å². The van der Waals surface area contributed by atoms with Crippen LogP contribution < -0.4 is 9.64 Å². The number of carbonyl (C=O) groups excluding carboxylic acids is 2. The lowest BCUT2D eigenvalue weighted by Gasteiger charge is -2.16. The van der Waals surface area contributed by atoms with Crippen LogP contribution in [0.5, 0.6) is 11.5 Å². The molecule has 0 saturated carbocycles. The van der Waals surface area contributed by atoms with Gasteiger partial charge in [0.25, 0.3) is 0 Å². The number of amides is 2. The minimum Gasteiger partial charge on any atom is -0.457 e. The number of benzene rings is 2. The Bertz CT molecular complexity index is 1190. The monoisotopic (exact) mass is 429 g/mol. The normalized spacial score (nSPS) is 15.8. The molecule has 2 aromatic carbocycles. The molecule has 0 bridgehead atoms. The summed E-state index contributed by atoms with van der Waals surface area (Å²) in [6.07, 6.45) is 0.0608. The van der Waals surface area contributed by atoms with Gasteiger partial charge in [0.15, 0.2) is 0 Å². The fourth-order valence-corrected chi connectivity index (χ4v) is 4.64. The van der Waals surface area contributed by atoms with Gasteiger partial charge >= 0.3 is 0 Å². The molecule has 0 aliphatic carbocycles. The van der Waals surface area contributed by atoms with Crippen LogP contribution >= 0.6 is 11.8 Å². The van der Waals surface area contributed by atoms with Crippen molar-refractivity contribution >= 4 is 29.3 Å². The van der Waals surface area contributed by atoms with Gasteiger partial charge in [-0.3, -0.25) is 9.59 Å². The average molecular weight is 430 g/mol. The Morgan fingerprint density at radius 3 is 2.42 bits per heavy atom. The summed E-state index contributed by atoms with van der Waals surface area (Å²) >= 11 is 1.18. The maximum absolute atomic E-state index is 13.0. The molecule has 6 nitrogen and oxygen atoms in total. The number of hydrogen-bond donors (Lipinski definition) is 0. The Balaban J connectivity index is 1.52. The van der Waals surface area contributed by atoms with Gasteiger partial charge in [0, 0.05) is 12.1 Å². The molecule has 1 aliphatic heterocycles. The highest BCUT2D eigenvalue weighted by atomic mass is 32.2. The zero-order chi connectivity index (χ0) is 22.0. The van der Waals surface area contributed by atoms with Crippen LogP contribution in [0.3, 0.4) is 0 Å². The molecule has 3 aromatic rings. The van der Waals surface area contributed by atoms with Crippen molar-refractivity contribution in [2.24, 2.45) is 0 Å². The van der Waals surface area contributed by atoms with E-state index in [-0.39, 0.29) is 18.2 Å². The van der Waals surface area contributed by atoms with Crippen LogP contribution in [-0.4, -0.2) is 22.0 Å². The molecule has 154 valence electrons. The summed E-state index contributed by atoms with van der Waals surface area (Å²) in [7, 11) is 0. The standard InChI is InChI=1S/C24H19N3O3S/c1-15-12-16(2)26-23(20(15)14-25)31-21-13-22(28)27(24(21)29)17-8-10-19(11-9-17)30-18-6-4-3-5-7-18/h3-12,21H,13H2,1-2H3/t21-/m1/s1. The number of aryl methyl sites for hydroxylation is 2. The van der Waals surface area contributed by atoms with E-state index in [0.717, 1.165) is 11.3 Å². The lowest BCUT2D eigenvalue weighted by molar-refractivity contribution is -0.121. The molecule has 31 heavy (non-hydrogen) atoms. The molecule has 1 atom stereocenters. The first-order valence-electron chi connectivity index (χ1n) is 9.71. The summed E-state index contributed by atoms with van der Waals surface area (Å²) in [6, 6.07) is 20.2. The summed E-state index contributed by atoms with van der Waals surface area (Å²) in [5, 5.41) is 9.33. The molecule has 7 heteroatoms. The minimum atomic E-state index is -0.617. The third kappa shape index (κ3) is 4.30. The molecule has 1 aromatic heterocycles. The predicted octanol–water partition coefficient (Wildman–Crippen LogP) is 4.79. The van der Waals surface area contributed by atoms with Crippen molar-refractivity contribution in [2.45, 2.75) is 30.5 Å². The van der Waals surface area contributed by atoms with Gasteiger partial charge < -0.3 is 4.74 Å². The topological polar surface area (TPSA) is 83.3 Å². The maximum atomic E-state index is 13.0. The van der Waals surface area contributed by atoms with E-state index >= 15 is 0 Å². The lowest BCUT2D eigenvalue weighted by atomic mass is 10.1. The fourth-order valence-electron chi connectivity index (χ4n) is 3.41. The van der Waals surface area contributed by atoms with Crippen molar-refractivity contribution in [1.29, 1.82) is 5.26 Å². The number of anilines is 1. The highest BCUT2D eigenvalue weighted by Crippen LogP contribution is 2.36. The number of rotatable bonds is 5. The molecular formula is C24H19N3O3S. The predicted molar refractivity (Wildman–Crippen MR) is 118 cm³/mol. The first kappa shape index (κ1) is 20.6. The van der Waals surface area contributed by atoms with Gasteiger partial charge in [0.1, 0.15) is 22.6 Å². The summed E-state index contributed by atoms with van der Waals surface area (Å²) in [4.78, 5) is 31.2. The molecule has 1 fully saturated rings. The molecule has 1 aliphatic rings. The van der Waals surface area contributed by atoms with Gasteiger partial charge in [-0.05, 0) is 61.9 Å². The zero-order valence-electron chi connectivity index (χ0n) is 17.0. The highest BCUT2D eigenvalue weighted by molar-refractivity contribution is 8.00. The van der Waals surface area contributed by atoms with Crippen molar-refractivity contribution in [2.75, 3.05) is 4.90 Å². The minimum absolute atomic E-state index is 0.0608. The van der Waals surface area contributed by atoms with Crippen LogP contribution in [0.4, 0.5) is 5.69 Å². The van der Waals surface area contributed by atoms with Crippen LogP contribution in [0.25, 0.3) is 0 Å². The second-order valence-corrected chi connectivity index (χ2v) is 8.35. The number of thioether (sulfide) groups is 1. The SMILES string of the molecule is Cc1cc(C)c(C#N)c(S[C@@H]2CC(=O)N(c3ccc(Oc4ccccc4)cc3)C2=O)n1. The molecular weight excluding hydrogens is 410 g/mol. The van der Waals surface area contributed by atoms with E-state index < -0.39 is 5.25 Å². The molecule has 1 saturated heterocycles. The van der Waals surface area contributed by atoms with Crippen LogP contribution in [-0.2, 0) is 9.59 Å². The third-order valence-electron chi connectivity index (χ3n) is 4.86. The van der Waals surface area contributed by atoms with E-state index in [1.54, 1.807) is 24.3 Å². The average Bonchev–Trinajstić information content (AvgIpc) is 3.02.